The van der Waals surface area contributed by atoms with Crippen molar-refractivity contribution < 1.29 is 9.90 Å². The summed E-state index contributed by atoms with van der Waals surface area (Å²) in [6, 6.07) is -0.431. The van der Waals surface area contributed by atoms with Gasteiger partial charge in [-0.1, -0.05) is 0 Å². The molecule has 7 heteroatoms. The first-order chi connectivity index (χ1) is 7.15. The maximum absolute atomic E-state index is 10.7. The quantitative estimate of drug-likeness (QED) is 0.861. The Morgan fingerprint density at radius 2 is 2.67 bits per heavy atom. The number of rotatable bonds is 3. The van der Waals surface area contributed by atoms with Gasteiger partial charge in [-0.3, -0.25) is 14.8 Å². The number of carboxylic acid groups (broad SMARTS) is 1. The van der Waals surface area contributed by atoms with E-state index in [0.29, 0.717) is 12.3 Å². The summed E-state index contributed by atoms with van der Waals surface area (Å²) in [6.07, 6.45) is 3.59. The lowest BCUT2D eigenvalue weighted by atomic mass is 10.3. The van der Waals surface area contributed by atoms with Crippen molar-refractivity contribution in [2.75, 3.05) is 5.75 Å². The van der Waals surface area contributed by atoms with Crippen LogP contribution in [0.3, 0.4) is 0 Å². The van der Waals surface area contributed by atoms with E-state index in [0.717, 1.165) is 4.47 Å². The number of aliphatic carboxylic acids is 1. The maximum atomic E-state index is 10.7. The predicted octanol–water partition coefficient (Wildman–Crippen LogP) is 0.761. The minimum absolute atomic E-state index is 0.123. The van der Waals surface area contributed by atoms with Crippen molar-refractivity contribution in [2.45, 2.75) is 18.0 Å². The van der Waals surface area contributed by atoms with Crippen LogP contribution in [-0.2, 0) is 11.3 Å². The molecular formula is C8H10BrN3O2S. The molecule has 1 saturated heterocycles. The summed E-state index contributed by atoms with van der Waals surface area (Å²) >= 11 is 4.93. The molecule has 2 N–H and O–H groups in total. The van der Waals surface area contributed by atoms with E-state index in [1.54, 1.807) is 22.6 Å². The van der Waals surface area contributed by atoms with Crippen LogP contribution in [0.25, 0.3) is 0 Å². The third kappa shape index (κ3) is 2.73. The molecule has 15 heavy (non-hydrogen) atoms. The Morgan fingerprint density at radius 1 is 1.87 bits per heavy atom. The van der Waals surface area contributed by atoms with E-state index in [1.807, 2.05) is 6.20 Å². The van der Waals surface area contributed by atoms with E-state index in [-0.39, 0.29) is 5.37 Å². The van der Waals surface area contributed by atoms with Gasteiger partial charge in [0.1, 0.15) is 6.04 Å². The van der Waals surface area contributed by atoms with E-state index >= 15 is 0 Å². The molecule has 0 unspecified atom stereocenters. The van der Waals surface area contributed by atoms with Crippen LogP contribution in [0.2, 0.25) is 0 Å². The van der Waals surface area contributed by atoms with E-state index in [1.165, 1.54) is 0 Å². The fourth-order valence-corrected chi connectivity index (χ4v) is 2.90. The smallest absolute Gasteiger partial charge is 0.321 e. The summed E-state index contributed by atoms with van der Waals surface area (Å²) < 4.78 is 2.72. The van der Waals surface area contributed by atoms with Crippen molar-refractivity contribution in [3.63, 3.8) is 0 Å². The standard InChI is InChI=1S/C8H10BrN3O2S/c9-5-1-10-12(2-5)3-7-11-6(4-15-7)8(13)14/h1-2,6-7,11H,3-4H2,(H,13,14)/t6-,7+/m0/s1. The van der Waals surface area contributed by atoms with Gasteiger partial charge < -0.3 is 5.11 Å². The second-order valence-electron chi connectivity index (χ2n) is 3.26. The van der Waals surface area contributed by atoms with Crippen LogP contribution in [-0.4, -0.2) is 38.0 Å². The van der Waals surface area contributed by atoms with E-state index in [9.17, 15) is 4.79 Å². The van der Waals surface area contributed by atoms with Crippen molar-refractivity contribution in [1.29, 1.82) is 0 Å². The van der Waals surface area contributed by atoms with Gasteiger partial charge in [0.05, 0.1) is 22.6 Å². The van der Waals surface area contributed by atoms with Crippen LogP contribution in [0.15, 0.2) is 16.9 Å². The molecular weight excluding hydrogens is 282 g/mol. The Balaban J connectivity index is 1.90. The first-order valence-corrected chi connectivity index (χ1v) is 6.28. The molecule has 1 fully saturated rings. The van der Waals surface area contributed by atoms with Gasteiger partial charge in [-0.05, 0) is 15.9 Å². The zero-order valence-corrected chi connectivity index (χ0v) is 10.2. The Bertz CT molecular complexity index is 371. The van der Waals surface area contributed by atoms with E-state index in [2.05, 4.69) is 26.3 Å². The number of nitrogens with zero attached hydrogens (tertiary/aromatic N) is 2. The third-order valence-electron chi connectivity index (χ3n) is 2.10. The lowest BCUT2D eigenvalue weighted by Gasteiger charge is -2.10. The molecule has 2 rings (SSSR count). The number of halogens is 1. The van der Waals surface area contributed by atoms with Gasteiger partial charge in [0.25, 0.3) is 0 Å². The fraction of sp³-hybridized carbons (Fsp3) is 0.500. The first kappa shape index (κ1) is 11.0. The number of hydrogen-bond donors (Lipinski definition) is 2. The predicted molar refractivity (Wildman–Crippen MR) is 60.7 cm³/mol. The largest absolute Gasteiger partial charge is 0.480 e. The highest BCUT2D eigenvalue weighted by atomic mass is 79.9. The minimum Gasteiger partial charge on any atom is -0.480 e. The maximum Gasteiger partial charge on any atom is 0.321 e. The van der Waals surface area contributed by atoms with Crippen molar-refractivity contribution in [1.82, 2.24) is 15.1 Å². The number of carboxylic acids is 1. The molecule has 0 saturated carbocycles. The molecule has 0 aromatic carbocycles. The van der Waals surface area contributed by atoms with Gasteiger partial charge in [-0.15, -0.1) is 11.8 Å². The van der Waals surface area contributed by atoms with Crippen molar-refractivity contribution in [2.24, 2.45) is 0 Å². The molecule has 0 bridgehead atoms. The Hall–Kier alpha value is -0.530. The van der Waals surface area contributed by atoms with Crippen LogP contribution >= 0.6 is 27.7 Å². The van der Waals surface area contributed by atoms with Crippen molar-refractivity contribution >= 4 is 33.7 Å². The summed E-state index contributed by atoms with van der Waals surface area (Å²) in [5.41, 5.74) is 0. The topological polar surface area (TPSA) is 67.1 Å². The second kappa shape index (κ2) is 4.54. The number of thioether (sulfide) groups is 1. The lowest BCUT2D eigenvalue weighted by Crippen LogP contribution is -2.38. The molecule has 0 amide bonds. The Labute approximate surface area is 99.4 Å². The Morgan fingerprint density at radius 3 is 3.20 bits per heavy atom. The average Bonchev–Trinajstić information content (AvgIpc) is 2.76. The van der Waals surface area contributed by atoms with Gasteiger partial charge in [0.2, 0.25) is 0 Å². The highest BCUT2D eigenvalue weighted by Gasteiger charge is 2.29. The van der Waals surface area contributed by atoms with Gasteiger partial charge in [-0.2, -0.15) is 5.10 Å². The molecule has 1 aromatic rings. The zero-order valence-electron chi connectivity index (χ0n) is 7.76. The van der Waals surface area contributed by atoms with Gasteiger partial charge in [0, 0.05) is 11.9 Å². The van der Waals surface area contributed by atoms with Gasteiger partial charge in [-0.25, -0.2) is 0 Å². The molecule has 0 aliphatic carbocycles. The highest BCUT2D eigenvalue weighted by Crippen LogP contribution is 2.20. The summed E-state index contributed by atoms with van der Waals surface area (Å²) in [6.45, 7) is 0.681. The van der Waals surface area contributed by atoms with Crippen molar-refractivity contribution in [3.05, 3.63) is 16.9 Å². The molecule has 2 atom stereocenters. The molecule has 82 valence electrons. The molecule has 1 aliphatic heterocycles. The fourth-order valence-electron chi connectivity index (χ4n) is 1.39. The normalized spacial score (nSPS) is 25.7. The zero-order chi connectivity index (χ0) is 10.8. The number of hydrogen-bond acceptors (Lipinski definition) is 4. The third-order valence-corrected chi connectivity index (χ3v) is 3.73. The van der Waals surface area contributed by atoms with Crippen LogP contribution in [0.4, 0.5) is 0 Å². The summed E-state index contributed by atoms with van der Waals surface area (Å²) in [4.78, 5) is 10.7. The van der Waals surface area contributed by atoms with Crippen LogP contribution in [0.5, 0.6) is 0 Å². The van der Waals surface area contributed by atoms with Gasteiger partial charge >= 0.3 is 5.97 Å². The summed E-state index contributed by atoms with van der Waals surface area (Å²) in [7, 11) is 0. The molecule has 1 aliphatic rings. The Kier molecular flexibility index (Phi) is 3.32. The highest BCUT2D eigenvalue weighted by molar-refractivity contribution is 9.10. The molecule has 1 aromatic heterocycles. The van der Waals surface area contributed by atoms with Crippen molar-refractivity contribution in [3.8, 4) is 0 Å². The monoisotopic (exact) mass is 291 g/mol. The summed E-state index contributed by atoms with van der Waals surface area (Å²) in [5, 5.41) is 16.1. The molecule has 5 nitrogen and oxygen atoms in total. The van der Waals surface area contributed by atoms with E-state index in [4.69, 9.17) is 5.11 Å². The minimum atomic E-state index is -0.786. The first-order valence-electron chi connectivity index (χ1n) is 4.43. The average molecular weight is 292 g/mol. The van der Waals surface area contributed by atoms with Crippen LogP contribution in [0.1, 0.15) is 0 Å². The number of carbonyl (C=O) groups is 1. The molecule has 0 spiro atoms. The van der Waals surface area contributed by atoms with Crippen LogP contribution < -0.4 is 5.32 Å². The molecule has 2 heterocycles. The summed E-state index contributed by atoms with van der Waals surface area (Å²) in [5.74, 6) is -0.172. The van der Waals surface area contributed by atoms with E-state index < -0.39 is 12.0 Å². The number of nitrogens with one attached hydrogen (secondary N) is 1. The van der Waals surface area contributed by atoms with Crippen LogP contribution in [0, 0.1) is 0 Å². The SMILES string of the molecule is O=C(O)[C@@H]1CS[C@H](Cn2cc(Br)cn2)N1. The lowest BCUT2D eigenvalue weighted by molar-refractivity contribution is -0.138. The molecule has 0 radical (unpaired) electrons. The second-order valence-corrected chi connectivity index (χ2v) is 5.41. The number of aromatic nitrogens is 2. The van der Waals surface area contributed by atoms with Gasteiger partial charge in [0.15, 0.2) is 0 Å².